The fraction of sp³-hybridized carbons (Fsp3) is 0.333. The van der Waals surface area contributed by atoms with Crippen LogP contribution in [0.3, 0.4) is 0 Å². The second-order valence-electron chi connectivity index (χ2n) is 5.64. The second kappa shape index (κ2) is 7.24. The van der Waals surface area contributed by atoms with Crippen LogP contribution in [-0.4, -0.2) is 42.2 Å². The fourth-order valence-electron chi connectivity index (χ4n) is 2.50. The van der Waals surface area contributed by atoms with Crippen LogP contribution in [0.1, 0.15) is 22.3 Å². The smallest absolute Gasteiger partial charge is 0.255 e. The summed E-state index contributed by atoms with van der Waals surface area (Å²) >= 11 is 0. The van der Waals surface area contributed by atoms with E-state index in [-0.39, 0.29) is 12.0 Å². The van der Waals surface area contributed by atoms with Crippen molar-refractivity contribution in [1.29, 1.82) is 0 Å². The molecule has 0 aliphatic carbocycles. The molecule has 1 aliphatic rings. The third kappa shape index (κ3) is 4.07. The lowest BCUT2D eigenvalue weighted by atomic mass is 10.2. The Labute approximate surface area is 135 Å². The van der Waals surface area contributed by atoms with Crippen LogP contribution in [0.5, 0.6) is 5.88 Å². The standard InChI is InChI=1S/C18H20N2O3/c1-20(12-14-5-3-2-4-6-14)18(21)15-7-8-17(19-11-15)23-16-9-10-22-13-16/h2-8,11,16H,9-10,12-13H2,1H3. The average Bonchev–Trinajstić information content (AvgIpc) is 3.09. The molecule has 1 unspecified atom stereocenters. The topological polar surface area (TPSA) is 51.7 Å². The number of benzene rings is 1. The van der Waals surface area contributed by atoms with E-state index in [4.69, 9.17) is 9.47 Å². The number of pyridine rings is 1. The summed E-state index contributed by atoms with van der Waals surface area (Å²) in [5.74, 6) is 0.472. The van der Waals surface area contributed by atoms with Crippen LogP contribution < -0.4 is 4.74 Å². The van der Waals surface area contributed by atoms with Crippen LogP contribution in [0.4, 0.5) is 0 Å². The summed E-state index contributed by atoms with van der Waals surface area (Å²) in [6.45, 7) is 1.89. The number of amides is 1. The van der Waals surface area contributed by atoms with Crippen LogP contribution in [0.15, 0.2) is 48.7 Å². The highest BCUT2D eigenvalue weighted by molar-refractivity contribution is 5.93. The van der Waals surface area contributed by atoms with Gasteiger partial charge in [-0.2, -0.15) is 0 Å². The molecule has 23 heavy (non-hydrogen) atoms. The van der Waals surface area contributed by atoms with Crippen molar-refractivity contribution in [1.82, 2.24) is 9.88 Å². The van der Waals surface area contributed by atoms with Crippen LogP contribution >= 0.6 is 0 Å². The Bertz CT molecular complexity index is 637. The molecule has 0 radical (unpaired) electrons. The van der Waals surface area contributed by atoms with Gasteiger partial charge in [0.2, 0.25) is 5.88 Å². The lowest BCUT2D eigenvalue weighted by Crippen LogP contribution is -2.26. The molecule has 0 spiro atoms. The number of nitrogens with zero attached hydrogens (tertiary/aromatic N) is 2. The molecule has 3 rings (SSSR count). The molecule has 5 nitrogen and oxygen atoms in total. The van der Waals surface area contributed by atoms with E-state index in [2.05, 4.69) is 4.98 Å². The molecular weight excluding hydrogens is 292 g/mol. The van der Waals surface area contributed by atoms with Crippen LogP contribution in [-0.2, 0) is 11.3 Å². The van der Waals surface area contributed by atoms with Crippen LogP contribution in [0.2, 0.25) is 0 Å². The van der Waals surface area contributed by atoms with Gasteiger partial charge < -0.3 is 14.4 Å². The van der Waals surface area contributed by atoms with Gasteiger partial charge in [0.05, 0.1) is 18.8 Å². The predicted molar refractivity (Wildman–Crippen MR) is 86.3 cm³/mol. The summed E-state index contributed by atoms with van der Waals surface area (Å²) in [7, 11) is 1.79. The first-order valence-corrected chi connectivity index (χ1v) is 7.72. The zero-order valence-corrected chi connectivity index (χ0v) is 13.1. The van der Waals surface area contributed by atoms with Gasteiger partial charge in [-0.25, -0.2) is 4.98 Å². The molecule has 1 aromatic heterocycles. The molecule has 1 atom stereocenters. The molecule has 2 aromatic rings. The van der Waals surface area contributed by atoms with E-state index in [0.29, 0.717) is 24.6 Å². The lowest BCUT2D eigenvalue weighted by Gasteiger charge is -2.17. The zero-order valence-electron chi connectivity index (χ0n) is 13.1. The minimum absolute atomic E-state index is 0.0582. The van der Waals surface area contributed by atoms with Crippen molar-refractivity contribution in [2.24, 2.45) is 0 Å². The van der Waals surface area contributed by atoms with Gasteiger partial charge in [-0.1, -0.05) is 30.3 Å². The van der Waals surface area contributed by atoms with Crippen LogP contribution in [0, 0.1) is 0 Å². The molecular formula is C18H20N2O3. The van der Waals surface area contributed by atoms with Gasteiger partial charge in [-0.05, 0) is 11.6 Å². The predicted octanol–water partition coefficient (Wildman–Crippen LogP) is 2.52. The third-order valence-corrected chi connectivity index (χ3v) is 3.77. The minimum atomic E-state index is -0.0582. The summed E-state index contributed by atoms with van der Waals surface area (Å²) in [5, 5.41) is 0. The quantitative estimate of drug-likeness (QED) is 0.851. The first-order valence-electron chi connectivity index (χ1n) is 7.72. The summed E-state index contributed by atoms with van der Waals surface area (Å²) in [6, 6.07) is 13.4. The number of aromatic nitrogens is 1. The Morgan fingerprint density at radius 3 is 2.78 bits per heavy atom. The van der Waals surface area contributed by atoms with E-state index in [1.54, 1.807) is 30.3 Å². The largest absolute Gasteiger partial charge is 0.472 e. The number of carbonyl (C=O) groups is 1. The molecule has 0 bridgehead atoms. The highest BCUT2D eigenvalue weighted by Crippen LogP contribution is 2.15. The van der Waals surface area contributed by atoms with Crippen molar-refractivity contribution in [2.75, 3.05) is 20.3 Å². The van der Waals surface area contributed by atoms with E-state index in [1.807, 2.05) is 30.3 Å². The maximum Gasteiger partial charge on any atom is 0.255 e. The molecule has 2 heterocycles. The van der Waals surface area contributed by atoms with Crippen molar-refractivity contribution in [3.05, 3.63) is 59.8 Å². The average molecular weight is 312 g/mol. The molecule has 1 fully saturated rings. The maximum atomic E-state index is 12.4. The third-order valence-electron chi connectivity index (χ3n) is 3.77. The summed E-state index contributed by atoms with van der Waals surface area (Å²) in [6.07, 6.45) is 2.50. The SMILES string of the molecule is CN(Cc1ccccc1)C(=O)c1ccc(OC2CCOC2)nc1. The van der Waals surface area contributed by atoms with E-state index < -0.39 is 0 Å². The lowest BCUT2D eigenvalue weighted by molar-refractivity contribution is 0.0784. The monoisotopic (exact) mass is 312 g/mol. The summed E-state index contributed by atoms with van der Waals surface area (Å²) < 4.78 is 11.0. The van der Waals surface area contributed by atoms with Crippen molar-refractivity contribution >= 4 is 5.91 Å². The highest BCUT2D eigenvalue weighted by atomic mass is 16.5. The van der Waals surface area contributed by atoms with Crippen molar-refractivity contribution in [3.63, 3.8) is 0 Å². The molecule has 1 saturated heterocycles. The first kappa shape index (κ1) is 15.5. The first-order chi connectivity index (χ1) is 11.2. The Morgan fingerprint density at radius 1 is 1.30 bits per heavy atom. The number of rotatable bonds is 5. The number of hydrogen-bond acceptors (Lipinski definition) is 4. The minimum Gasteiger partial charge on any atom is -0.472 e. The van der Waals surface area contributed by atoms with E-state index in [0.717, 1.165) is 18.6 Å². The molecule has 1 aromatic carbocycles. The van der Waals surface area contributed by atoms with Gasteiger partial charge in [0.15, 0.2) is 0 Å². The fourth-order valence-corrected chi connectivity index (χ4v) is 2.50. The summed E-state index contributed by atoms with van der Waals surface area (Å²) in [4.78, 5) is 18.3. The van der Waals surface area contributed by atoms with Gasteiger partial charge in [0.25, 0.3) is 5.91 Å². The Balaban J connectivity index is 1.60. The van der Waals surface area contributed by atoms with Gasteiger partial charge in [0, 0.05) is 32.3 Å². The molecule has 5 heteroatoms. The normalized spacial score (nSPS) is 17.0. The Kier molecular flexibility index (Phi) is 4.88. The van der Waals surface area contributed by atoms with Crippen molar-refractivity contribution in [3.8, 4) is 5.88 Å². The molecule has 1 amide bonds. The molecule has 0 saturated carbocycles. The Morgan fingerprint density at radius 2 is 2.13 bits per heavy atom. The van der Waals surface area contributed by atoms with Crippen molar-refractivity contribution < 1.29 is 14.3 Å². The van der Waals surface area contributed by atoms with Gasteiger partial charge >= 0.3 is 0 Å². The second-order valence-corrected chi connectivity index (χ2v) is 5.64. The molecule has 1 aliphatic heterocycles. The maximum absolute atomic E-state index is 12.4. The van der Waals surface area contributed by atoms with E-state index >= 15 is 0 Å². The van der Waals surface area contributed by atoms with Gasteiger partial charge in [0.1, 0.15) is 6.10 Å². The van der Waals surface area contributed by atoms with Gasteiger partial charge in [-0.15, -0.1) is 0 Å². The molecule has 120 valence electrons. The number of carbonyl (C=O) groups excluding carboxylic acids is 1. The van der Waals surface area contributed by atoms with E-state index in [1.165, 1.54) is 0 Å². The molecule has 0 N–H and O–H groups in total. The van der Waals surface area contributed by atoms with Crippen LogP contribution in [0.25, 0.3) is 0 Å². The van der Waals surface area contributed by atoms with Crippen molar-refractivity contribution in [2.45, 2.75) is 19.1 Å². The number of ether oxygens (including phenoxy) is 2. The van der Waals surface area contributed by atoms with Gasteiger partial charge in [-0.3, -0.25) is 4.79 Å². The zero-order chi connectivity index (χ0) is 16.1. The Hall–Kier alpha value is -2.40. The van der Waals surface area contributed by atoms with E-state index in [9.17, 15) is 4.79 Å². The highest BCUT2D eigenvalue weighted by Gasteiger charge is 2.18. The number of hydrogen-bond donors (Lipinski definition) is 0. The summed E-state index contributed by atoms with van der Waals surface area (Å²) in [5.41, 5.74) is 1.65.